The second-order valence-corrected chi connectivity index (χ2v) is 22.3. The molecule has 13 aromatic carbocycles. The number of hydrogen-bond acceptors (Lipinski definition) is 6. The van der Waals surface area contributed by atoms with Crippen LogP contribution in [0.3, 0.4) is 0 Å². The smallest absolute Gasteiger partial charge is 0.256 e. The highest BCUT2D eigenvalue weighted by Crippen LogP contribution is 2.52. The van der Waals surface area contributed by atoms with E-state index >= 15 is 0 Å². The largest absolute Gasteiger partial charge is 0.458 e. The van der Waals surface area contributed by atoms with E-state index in [2.05, 4.69) is 335 Å². The van der Waals surface area contributed by atoms with Gasteiger partial charge in [-0.3, -0.25) is 0 Å². The first kappa shape index (κ1) is 49.4. The van der Waals surface area contributed by atoms with Crippen molar-refractivity contribution in [1.82, 2.24) is 0 Å². The Labute approximate surface area is 501 Å². The molecule has 0 aromatic heterocycles. The maximum absolute atomic E-state index is 7.32. The molecule has 0 aliphatic carbocycles. The van der Waals surface area contributed by atoms with Crippen LogP contribution in [0.25, 0.3) is 22.3 Å². The van der Waals surface area contributed by atoms with Gasteiger partial charge in [0.2, 0.25) is 0 Å². The molecule has 0 unspecified atom stereocenters. The van der Waals surface area contributed by atoms with Gasteiger partial charge in [-0.15, -0.1) is 0 Å². The third-order valence-electron chi connectivity index (χ3n) is 17.5. The van der Waals surface area contributed by atoms with E-state index in [0.717, 1.165) is 135 Å². The molecule has 4 aliphatic heterocycles. The topological polar surface area (TPSA) is 31.4 Å². The number of fused-ring (bicyclic) bond motifs is 8. The molecule has 17 rings (SSSR count). The van der Waals surface area contributed by atoms with Gasteiger partial charge in [-0.05, 0) is 135 Å². The standard InChI is InChI=1S/C78H52B2N4O2/c1-7-27-53(28-8-1)61-39-19-23-43-67(61)83-69-52-70-66(51-65(69)79-63-41-21-25-45-73(63)85-75-49-59(47-71(83)77(75)79)81(55-31-11-3-12-32-55)56-33-13-4-14-34-56)80-64-42-22-26-46-74(64)86-76-50-60(82(57-35-15-5-16-36-57)58-37-17-6-18-38-58)48-72(78(76)80)84(70)68-44-24-20-40-62(68)54-29-9-2-10-30-54/h1-52H. The molecule has 0 amide bonds. The van der Waals surface area contributed by atoms with E-state index in [9.17, 15) is 0 Å². The summed E-state index contributed by atoms with van der Waals surface area (Å²) in [6, 6.07) is 114. The Morgan fingerprint density at radius 3 is 0.942 bits per heavy atom. The van der Waals surface area contributed by atoms with Crippen molar-refractivity contribution in [2.24, 2.45) is 0 Å². The number of anilines is 12. The van der Waals surface area contributed by atoms with Gasteiger partial charge < -0.3 is 29.1 Å². The fourth-order valence-electron chi connectivity index (χ4n) is 13.9. The first-order valence-electron chi connectivity index (χ1n) is 29.5. The van der Waals surface area contributed by atoms with Crippen LogP contribution in [-0.2, 0) is 0 Å². The van der Waals surface area contributed by atoms with Crippen LogP contribution < -0.4 is 61.9 Å². The number of ether oxygens (including phenoxy) is 2. The Balaban J connectivity index is 1.00. The molecule has 8 heteroatoms. The van der Waals surface area contributed by atoms with Crippen LogP contribution in [-0.4, -0.2) is 13.4 Å². The third kappa shape index (κ3) is 7.98. The number of nitrogens with zero attached hydrogens (tertiary/aromatic N) is 4. The molecule has 0 radical (unpaired) electrons. The van der Waals surface area contributed by atoms with E-state index in [1.807, 2.05) is 0 Å². The molecule has 402 valence electrons. The predicted molar refractivity (Wildman–Crippen MR) is 358 cm³/mol. The zero-order valence-corrected chi connectivity index (χ0v) is 46.8. The number of rotatable bonds is 10. The highest BCUT2D eigenvalue weighted by atomic mass is 16.5. The van der Waals surface area contributed by atoms with Gasteiger partial charge >= 0.3 is 0 Å². The summed E-state index contributed by atoms with van der Waals surface area (Å²) < 4.78 is 14.6. The van der Waals surface area contributed by atoms with Crippen molar-refractivity contribution >= 4 is 114 Å². The molecule has 86 heavy (non-hydrogen) atoms. The molecule has 0 fully saturated rings. The van der Waals surface area contributed by atoms with Crippen molar-refractivity contribution in [1.29, 1.82) is 0 Å². The highest BCUT2D eigenvalue weighted by molar-refractivity contribution is 7.02. The van der Waals surface area contributed by atoms with Crippen molar-refractivity contribution in [3.05, 3.63) is 315 Å². The van der Waals surface area contributed by atoms with Crippen LogP contribution in [0.15, 0.2) is 315 Å². The molecule has 0 saturated heterocycles. The highest BCUT2D eigenvalue weighted by Gasteiger charge is 2.48. The number of para-hydroxylation sites is 8. The fraction of sp³-hybridized carbons (Fsp3) is 0. The van der Waals surface area contributed by atoms with Gasteiger partial charge in [-0.25, -0.2) is 0 Å². The molecule has 0 atom stereocenters. The summed E-state index contributed by atoms with van der Waals surface area (Å²) in [6.07, 6.45) is 0. The summed E-state index contributed by atoms with van der Waals surface area (Å²) in [6.45, 7) is -0.426. The maximum atomic E-state index is 7.32. The Hall–Kier alpha value is -11.2. The van der Waals surface area contributed by atoms with Gasteiger partial charge in [0.1, 0.15) is 23.0 Å². The van der Waals surface area contributed by atoms with E-state index in [0.29, 0.717) is 0 Å². The lowest BCUT2D eigenvalue weighted by Crippen LogP contribution is -2.63. The van der Waals surface area contributed by atoms with Crippen molar-refractivity contribution in [2.45, 2.75) is 0 Å². The summed E-state index contributed by atoms with van der Waals surface area (Å²) >= 11 is 0. The Kier molecular flexibility index (Phi) is 11.7. The van der Waals surface area contributed by atoms with Crippen molar-refractivity contribution < 1.29 is 9.47 Å². The summed E-state index contributed by atoms with van der Waals surface area (Å²) in [5.41, 5.74) is 23.8. The predicted octanol–water partition coefficient (Wildman–Crippen LogP) is 16.8. The van der Waals surface area contributed by atoms with Gasteiger partial charge in [0.25, 0.3) is 13.4 Å². The van der Waals surface area contributed by atoms with E-state index in [4.69, 9.17) is 9.47 Å². The minimum Gasteiger partial charge on any atom is -0.458 e. The quantitative estimate of drug-likeness (QED) is 0.127. The normalized spacial score (nSPS) is 12.7. The van der Waals surface area contributed by atoms with Crippen LogP contribution in [0.1, 0.15) is 0 Å². The lowest BCUT2D eigenvalue weighted by molar-refractivity contribution is 0.487. The molecular weight excluding hydrogens is 1050 g/mol. The molecule has 6 nitrogen and oxygen atoms in total. The van der Waals surface area contributed by atoms with Crippen LogP contribution in [0.2, 0.25) is 0 Å². The molecule has 4 aliphatic rings. The lowest BCUT2D eigenvalue weighted by atomic mass is 9.31. The van der Waals surface area contributed by atoms with Gasteiger partial charge in [-0.2, -0.15) is 0 Å². The Bertz CT molecular complexity index is 4370. The van der Waals surface area contributed by atoms with Crippen molar-refractivity contribution in [3.8, 4) is 45.3 Å². The van der Waals surface area contributed by atoms with E-state index in [1.54, 1.807) is 0 Å². The monoisotopic (exact) mass is 1100 g/mol. The molecule has 0 saturated carbocycles. The van der Waals surface area contributed by atoms with Gasteiger partial charge in [0, 0.05) is 68.8 Å². The summed E-state index contributed by atoms with van der Waals surface area (Å²) in [5.74, 6) is 3.33. The first-order chi connectivity index (χ1) is 42.7. The zero-order valence-electron chi connectivity index (χ0n) is 46.8. The van der Waals surface area contributed by atoms with Crippen LogP contribution >= 0.6 is 0 Å². The van der Waals surface area contributed by atoms with E-state index in [1.165, 1.54) is 10.9 Å². The van der Waals surface area contributed by atoms with Crippen LogP contribution in [0, 0.1) is 0 Å². The second kappa shape index (κ2) is 20.3. The molecule has 4 heterocycles. The molecular formula is C78H52B2N4O2. The maximum Gasteiger partial charge on any atom is 0.256 e. The molecule has 0 spiro atoms. The summed E-state index contributed by atoms with van der Waals surface area (Å²) in [4.78, 5) is 9.80. The molecule has 0 N–H and O–H groups in total. The van der Waals surface area contributed by atoms with Crippen LogP contribution in [0.5, 0.6) is 23.0 Å². The van der Waals surface area contributed by atoms with E-state index < -0.39 is 0 Å². The minimum absolute atomic E-state index is 0.213. The Morgan fingerprint density at radius 1 is 0.233 bits per heavy atom. The third-order valence-corrected chi connectivity index (χ3v) is 17.5. The summed E-state index contributed by atoms with van der Waals surface area (Å²) in [5, 5.41) is 0. The average Bonchev–Trinajstić information content (AvgIpc) is 0.730. The summed E-state index contributed by atoms with van der Waals surface area (Å²) in [7, 11) is 0. The lowest BCUT2D eigenvalue weighted by Gasteiger charge is -2.45. The number of benzene rings is 13. The molecule has 13 aromatic rings. The van der Waals surface area contributed by atoms with Gasteiger partial charge in [-0.1, -0.05) is 212 Å². The Morgan fingerprint density at radius 2 is 0.558 bits per heavy atom. The second-order valence-electron chi connectivity index (χ2n) is 22.3. The van der Waals surface area contributed by atoms with E-state index in [-0.39, 0.29) is 13.4 Å². The van der Waals surface area contributed by atoms with Crippen molar-refractivity contribution in [2.75, 3.05) is 19.6 Å². The van der Waals surface area contributed by atoms with Gasteiger partial charge in [0.05, 0.1) is 22.7 Å². The van der Waals surface area contributed by atoms with Gasteiger partial charge in [0.15, 0.2) is 0 Å². The van der Waals surface area contributed by atoms with Crippen molar-refractivity contribution in [3.63, 3.8) is 0 Å². The van der Waals surface area contributed by atoms with Crippen LogP contribution in [0.4, 0.5) is 68.2 Å². The fourth-order valence-corrected chi connectivity index (χ4v) is 13.9. The zero-order chi connectivity index (χ0) is 56.7. The minimum atomic E-state index is -0.213. The first-order valence-corrected chi connectivity index (χ1v) is 29.5. The SMILES string of the molecule is c1ccc(-c2ccccc2N2c3cc4c(cc3B3c5ccccc5Oc5cc(N(c6ccccc6)c6ccccc6)cc2c53)B2c3ccccc3Oc3cc(N(c5ccccc5)c5ccccc5)cc(c32)N4c2ccccc2-c2ccccc2)cc1. The number of hydrogen-bond donors (Lipinski definition) is 0. The molecule has 0 bridgehead atoms. The average molecular weight is 1100 g/mol.